The van der Waals surface area contributed by atoms with Crippen LogP contribution in [0.15, 0.2) is 176 Å². The van der Waals surface area contributed by atoms with Crippen LogP contribution in [0.25, 0.3) is 33.5 Å². The molecule has 4 saturated carbocycles. The van der Waals surface area contributed by atoms with Crippen LogP contribution in [-0.4, -0.2) is 148 Å². The van der Waals surface area contributed by atoms with Crippen molar-refractivity contribution in [2.24, 2.45) is 4.99 Å². The fourth-order valence-corrected chi connectivity index (χ4v) is 22.4. The Hall–Kier alpha value is -11.4. The van der Waals surface area contributed by atoms with E-state index in [1.165, 1.54) is 25.0 Å². The number of nitrogens with zero attached hydrogens (tertiary/aromatic N) is 14. The molecule has 14 heterocycles. The smallest absolute Gasteiger partial charge is 0.177 e. The predicted molar refractivity (Wildman–Crippen MR) is 556 cm³/mol. The Morgan fingerprint density at radius 3 is 1.11 bits per heavy atom. The van der Waals surface area contributed by atoms with Crippen molar-refractivity contribution in [3.05, 3.63) is 252 Å². The maximum absolute atomic E-state index is 12.8. The highest BCUT2D eigenvalue weighted by Gasteiger charge is 2.34. The molecule has 0 amide bonds. The first-order valence-electron chi connectivity index (χ1n) is 47.8. The van der Waals surface area contributed by atoms with Crippen LogP contribution in [0.3, 0.4) is 0 Å². The highest BCUT2D eigenvalue weighted by atomic mass is 35.5. The molecule has 7 fully saturated rings. The molecule has 4 aliphatic heterocycles. The molecule has 3 unspecified atom stereocenters. The lowest BCUT2D eigenvalue weighted by Gasteiger charge is -2.25. The normalized spacial score (nSPS) is 17.5. The first-order valence-corrected chi connectivity index (χ1v) is 56.5. The van der Waals surface area contributed by atoms with Crippen molar-refractivity contribution in [3.63, 3.8) is 0 Å². The van der Waals surface area contributed by atoms with Crippen molar-refractivity contribution >= 4 is 165 Å². The van der Waals surface area contributed by atoms with Crippen LogP contribution in [0.2, 0.25) is 15.3 Å². The quantitative estimate of drug-likeness (QED) is 0.0329. The second-order valence-electron chi connectivity index (χ2n) is 37.9. The minimum Gasteiger partial charge on any atom is -0.398 e. The number of aryl methyl sites for hydroxylation is 6. The zero-order valence-corrected chi connectivity index (χ0v) is 86.4. The Labute approximate surface area is 838 Å². The summed E-state index contributed by atoms with van der Waals surface area (Å²) in [5.41, 5.74) is 32.6. The fraction of sp³-hybridized carbons (Fsp3) is 0.394. The third-order valence-electron chi connectivity index (χ3n) is 25.8. The van der Waals surface area contributed by atoms with Crippen molar-refractivity contribution in [2.45, 2.75) is 239 Å². The van der Waals surface area contributed by atoms with E-state index in [9.17, 15) is 33.7 Å². The van der Waals surface area contributed by atoms with E-state index in [4.69, 9.17) is 80.4 Å². The van der Waals surface area contributed by atoms with E-state index in [0.717, 1.165) is 229 Å². The molecule has 8 aliphatic rings. The third-order valence-corrected chi connectivity index (χ3v) is 31.0. The minimum atomic E-state index is -3.45. The molecule has 4 aliphatic carbocycles. The van der Waals surface area contributed by atoms with E-state index in [-0.39, 0.29) is 28.5 Å². The molecule has 37 heteroatoms. The van der Waals surface area contributed by atoms with Crippen LogP contribution >= 0.6 is 34.8 Å². The average Bonchev–Trinajstić information content (AvgIpc) is 1.68. The van der Waals surface area contributed by atoms with Crippen LogP contribution in [0.4, 0.5) is 51.3 Å². The Balaban J connectivity index is 0.000000123. The van der Waals surface area contributed by atoms with Gasteiger partial charge < -0.3 is 41.6 Å². The van der Waals surface area contributed by atoms with Gasteiger partial charge in [-0.25, -0.2) is 68.6 Å². The van der Waals surface area contributed by atoms with E-state index in [2.05, 4.69) is 55.4 Å². The minimum absolute atomic E-state index is 0.00853. The molecular formula is C104H118Cl3N19O11S4. The lowest BCUT2D eigenvalue weighted by Crippen LogP contribution is -2.19. The molecule has 3 atom stereocenters. The Morgan fingerprint density at radius 1 is 0.355 bits per heavy atom. The number of hydrogen-bond acceptors (Lipinski definition) is 27. The predicted octanol–water partition coefficient (Wildman–Crippen LogP) is 22.2. The van der Waals surface area contributed by atoms with Crippen molar-refractivity contribution < 1.29 is 47.9 Å². The number of imidazole rings is 3. The van der Waals surface area contributed by atoms with Gasteiger partial charge in [-0.2, -0.15) is 0 Å². The highest BCUT2D eigenvalue weighted by molar-refractivity contribution is 7.91. The summed E-state index contributed by atoms with van der Waals surface area (Å²) < 4.78 is 122. The number of ether oxygens (including phenoxy) is 3. The molecule has 0 bridgehead atoms. The summed E-state index contributed by atoms with van der Waals surface area (Å²) in [5, 5.41) is 11.3. The topological polar surface area (TPSA) is 408 Å². The summed E-state index contributed by atoms with van der Waals surface area (Å²) >= 11 is 18.5. The average molecular weight is 2040 g/mol. The molecule has 7 N–H and O–H groups in total. The van der Waals surface area contributed by atoms with Gasteiger partial charge in [0.15, 0.2) is 56.3 Å². The highest BCUT2D eigenvalue weighted by Crippen LogP contribution is 2.48. The molecular weight excluding hydrogens is 1930 g/mol. The second-order valence-corrected chi connectivity index (χ2v) is 47.0. The maximum Gasteiger partial charge on any atom is 0.177 e. The molecule has 0 spiro atoms. The number of anilines is 8. The van der Waals surface area contributed by atoms with E-state index < -0.39 is 39.3 Å². The van der Waals surface area contributed by atoms with Crippen LogP contribution in [-0.2, 0) is 72.8 Å². The van der Waals surface area contributed by atoms with Gasteiger partial charge >= 0.3 is 0 Å². The number of hydrogen-bond donors (Lipinski definition) is 5. The number of sulfone groups is 4. The fourth-order valence-electron chi connectivity index (χ4n) is 18.3. The van der Waals surface area contributed by atoms with Gasteiger partial charge in [0, 0.05) is 110 Å². The summed E-state index contributed by atoms with van der Waals surface area (Å²) in [6.07, 6.45) is 24.8. The third kappa shape index (κ3) is 25.1. The van der Waals surface area contributed by atoms with Gasteiger partial charge in [-0.1, -0.05) is 77.3 Å². The van der Waals surface area contributed by atoms with Crippen molar-refractivity contribution in [1.29, 1.82) is 0 Å². The van der Waals surface area contributed by atoms with E-state index in [1.807, 2.05) is 173 Å². The summed E-state index contributed by atoms with van der Waals surface area (Å²) in [4.78, 5) is 51.9. The summed E-state index contributed by atoms with van der Waals surface area (Å²) in [6.45, 7) is 15.9. The van der Waals surface area contributed by atoms with Gasteiger partial charge in [0.05, 0.1) is 75.8 Å². The van der Waals surface area contributed by atoms with Gasteiger partial charge in [-0.05, 0) is 307 Å². The number of rotatable bonds is 21. The van der Waals surface area contributed by atoms with Gasteiger partial charge in [0.2, 0.25) is 0 Å². The maximum atomic E-state index is 12.8. The molecule has 141 heavy (non-hydrogen) atoms. The van der Waals surface area contributed by atoms with E-state index >= 15 is 0 Å². The van der Waals surface area contributed by atoms with Gasteiger partial charge in [-0.3, -0.25) is 33.6 Å². The number of aromatic nitrogens is 13. The number of fused-ring (bicyclic) bond motifs is 4. The number of aliphatic imine (C=N–C) groups is 1. The summed E-state index contributed by atoms with van der Waals surface area (Å²) in [6, 6.07) is 47.1. The van der Waals surface area contributed by atoms with Crippen LogP contribution in [0.1, 0.15) is 244 Å². The zero-order valence-electron chi connectivity index (χ0n) is 80.9. The summed E-state index contributed by atoms with van der Waals surface area (Å²) in [5.74, 6) is 5.00. The monoisotopic (exact) mass is 2040 g/mol. The van der Waals surface area contributed by atoms with Crippen LogP contribution in [0, 0.1) is 41.5 Å². The first kappa shape index (κ1) is 101. The van der Waals surface area contributed by atoms with Gasteiger partial charge in [0.1, 0.15) is 74.5 Å². The number of halogens is 3. The Kier molecular flexibility index (Phi) is 30.5. The zero-order chi connectivity index (χ0) is 99.7. The van der Waals surface area contributed by atoms with Crippen molar-refractivity contribution in [2.75, 3.05) is 72.3 Å². The SMILES string of the molecule is CC1=Nc2c(Nc3ccc(C4CC4)cc3S(C)(=O)=O)cc(Cc3cccc(C)n3)nc2C1.CS(=O)(=O)c1cc(C2CC2)ccc1N.Cc1cccc(Cc2cc(Nc3ccc(C4CC4)cc3S(C)(=O)=O)c3nc(C)n(C4CCCCO4)c3n2)n1.Cc1cccc(N)n1.Cc1nc2c(Cl)cc(Cl)nc2n1C1CCCCO1.Cc1nc2c(Nc3ccc(C4CC4)cc3S(C)(=O)=O)cc(Cl)nc2n1C1CCCCO1. The Morgan fingerprint density at radius 2 is 0.716 bits per heavy atom. The molecule has 30 nitrogen and oxygen atoms in total. The molecule has 3 saturated heterocycles. The van der Waals surface area contributed by atoms with E-state index in [1.54, 1.807) is 36.4 Å². The first-order chi connectivity index (χ1) is 67.3. The van der Waals surface area contributed by atoms with Crippen LogP contribution in [0.5, 0.6) is 0 Å². The molecule has 740 valence electrons. The number of pyridine rings is 7. The summed E-state index contributed by atoms with van der Waals surface area (Å²) in [7, 11) is -13.5. The largest absolute Gasteiger partial charge is 0.398 e. The number of nitrogens with two attached hydrogens (primary N) is 2. The Bertz CT molecular complexity index is 7600. The molecule has 10 aromatic heterocycles. The number of nitrogen functional groups attached to an aromatic ring is 2. The second kappa shape index (κ2) is 42.6. The lowest BCUT2D eigenvalue weighted by atomic mass is 10.1. The van der Waals surface area contributed by atoms with E-state index in [0.29, 0.717) is 143 Å². The number of nitrogens with one attached hydrogen (secondary N) is 3. The van der Waals surface area contributed by atoms with Gasteiger partial charge in [-0.15, -0.1) is 0 Å². The van der Waals surface area contributed by atoms with Crippen LogP contribution < -0.4 is 27.4 Å². The lowest BCUT2D eigenvalue weighted by molar-refractivity contribution is -0.0310. The van der Waals surface area contributed by atoms with Crippen molar-refractivity contribution in [3.8, 4) is 0 Å². The molecule has 4 aromatic carbocycles. The molecule has 14 aromatic rings. The molecule has 22 rings (SSSR count). The van der Waals surface area contributed by atoms with Crippen molar-refractivity contribution in [1.82, 2.24) is 63.5 Å². The standard InChI is InChI=1S/C29H33N5O3S.C25H26N4O2S.C22H25ClN4O3S.C12H13Cl2N3O.C10H13NO2S.C6H8N2/c1-18-7-6-8-22(30-18)16-23-17-25(28-29(32-23)34(19(2)31-28)27-9-4-5-14-37-27)33-24-13-12-21(20-10-11-20)15-26(24)38(3,35)36;1-15-5-4-6-19(26-15)13-20-14-23(25-22(28-20)11-16(2)27-25)29-21-10-9-18(17-7-8-17)12-24(21)32(3,30)31;1-13-24-21-17(12-19(23)26-22(21)27(13)20-5-3-4-10-30-20)25-16-9-8-15(14-6-7-14)11-18(16)31(2,28)29;1-7-15-11-8(13)6-9(14)16-12(11)17(7)10-4-2-3-5-18-10;1-14(12,13)10-6-8(7-2-3-7)4-5-9(10)11;1-5-3-2-4-6(7)8-5/h6-8,12-13,15,17,20,27H,4-5,9-11,14,16H2,1-3H3,(H,32,33);4-6,9-10,12,14,17H,7-8,11,13H2,1-3H3,(H,28,29);8-9,11-12,14,20H,3-7,10H2,1-2H3,(H,25,26);6,10H,2-5H2,1H3;4-7H,2-3,11H2,1H3;2-4H,1H3,(H2,7,8). The van der Waals surface area contributed by atoms with Gasteiger partial charge in [0.25, 0.3) is 0 Å². The molecule has 0 radical (unpaired) electrons. The number of benzene rings is 4.